The average Bonchev–Trinajstić information content (AvgIpc) is 2.70. The van der Waals surface area contributed by atoms with Crippen LogP contribution in [0.2, 0.25) is 0 Å². The predicted octanol–water partition coefficient (Wildman–Crippen LogP) is 1.67. The maximum atomic E-state index is 14.4. The molecule has 30 heavy (non-hydrogen) atoms. The Labute approximate surface area is 172 Å². The molecular weight excluding hydrogens is 409 g/mol. The molecule has 1 atom stereocenters. The first-order valence-electron chi connectivity index (χ1n) is 9.70. The molecule has 0 saturated heterocycles. The van der Waals surface area contributed by atoms with E-state index < -0.39 is 60.7 Å². The van der Waals surface area contributed by atoms with Crippen molar-refractivity contribution in [3.8, 4) is 11.8 Å². The second-order valence-corrected chi connectivity index (χ2v) is 6.03. The number of benzene rings is 1. The lowest BCUT2D eigenvalue weighted by molar-refractivity contribution is -0.0145. The number of ether oxygens (including phenoxy) is 3. The molecule has 10 nitrogen and oxygen atoms in total. The van der Waals surface area contributed by atoms with Gasteiger partial charge >= 0.3 is 6.09 Å². The van der Waals surface area contributed by atoms with E-state index in [4.69, 9.17) is 25.1 Å². The molecule has 0 fully saturated rings. The van der Waals surface area contributed by atoms with Crippen LogP contribution < -0.4 is 26.3 Å². The minimum Gasteiger partial charge on any atom is -0.480 e. The van der Waals surface area contributed by atoms with Crippen LogP contribution in [0.3, 0.4) is 0 Å². The fraction of sp³-hybridized carbons (Fsp3) is 0.294. The van der Waals surface area contributed by atoms with Crippen molar-refractivity contribution in [1.29, 1.82) is 0 Å². The molecule has 160 valence electrons. The quantitative estimate of drug-likeness (QED) is 0.650. The molecule has 0 spiro atoms. The summed E-state index contributed by atoms with van der Waals surface area (Å²) >= 11 is 0. The van der Waals surface area contributed by atoms with Crippen LogP contribution in [0.1, 0.15) is 9.68 Å². The van der Waals surface area contributed by atoms with E-state index in [9.17, 15) is 18.0 Å². The zero-order valence-corrected chi connectivity index (χ0v) is 15.1. The number of anilines is 2. The number of aromatic nitrogens is 2. The number of nitrogen functional groups attached to an aromatic ring is 1. The van der Waals surface area contributed by atoms with Crippen molar-refractivity contribution in [2.24, 2.45) is 10.7 Å². The highest BCUT2D eigenvalue weighted by atomic mass is 19.3. The molecule has 0 aliphatic carbocycles. The molecule has 13 heteroatoms. The number of aliphatic imine (C=N–C) groups is 1. The van der Waals surface area contributed by atoms with Gasteiger partial charge in [-0.25, -0.2) is 22.9 Å². The standard InChI is InChI=1S/C17H17F3N6O4/c1-28-12-5-23-14(13(22)25-12)30-16(27)24-8-2-3-10(18)9(4-8)17(15(19)20)7-29-6-11(21)26-17/h2-5,15H,6-7H2,1H3,(H2,21,26)(H2,22,25)(H,24,27)/i1D3. The fourth-order valence-electron chi connectivity index (χ4n) is 2.67. The lowest BCUT2D eigenvalue weighted by Crippen LogP contribution is -2.45. The number of hydrogen-bond donors (Lipinski definition) is 3. The molecule has 1 aromatic carbocycles. The van der Waals surface area contributed by atoms with Crippen molar-refractivity contribution in [1.82, 2.24) is 9.97 Å². The largest absolute Gasteiger partial charge is 0.480 e. The van der Waals surface area contributed by atoms with Crippen LogP contribution in [-0.4, -0.2) is 48.6 Å². The number of nitrogens with one attached hydrogen (secondary N) is 1. The van der Waals surface area contributed by atoms with Crippen LogP contribution in [0.5, 0.6) is 11.8 Å². The van der Waals surface area contributed by atoms with Gasteiger partial charge in [-0.3, -0.25) is 10.3 Å². The molecule has 0 saturated carbocycles. The number of hydrogen-bond acceptors (Lipinski definition) is 9. The third-order valence-corrected chi connectivity index (χ3v) is 3.99. The molecule has 3 rings (SSSR count). The van der Waals surface area contributed by atoms with Gasteiger partial charge in [-0.15, -0.1) is 0 Å². The summed E-state index contributed by atoms with van der Waals surface area (Å²) in [6.45, 7) is -0.814. The Balaban J connectivity index is 1.80. The molecule has 1 amide bonds. The molecule has 1 unspecified atom stereocenters. The summed E-state index contributed by atoms with van der Waals surface area (Å²) < 4.78 is 77.6. The number of alkyl halides is 2. The van der Waals surface area contributed by atoms with Crippen molar-refractivity contribution in [2.45, 2.75) is 12.0 Å². The summed E-state index contributed by atoms with van der Waals surface area (Å²) in [6, 6.07) is 2.89. The second kappa shape index (κ2) is 8.41. The number of halogens is 3. The number of amidine groups is 1. The molecule has 0 radical (unpaired) electrons. The van der Waals surface area contributed by atoms with Gasteiger partial charge in [0.1, 0.15) is 18.3 Å². The van der Waals surface area contributed by atoms with E-state index in [-0.39, 0.29) is 18.1 Å². The molecule has 2 aromatic rings. The minimum absolute atomic E-state index is 0.121. The predicted molar refractivity (Wildman–Crippen MR) is 99.2 cm³/mol. The molecular formula is C17H17F3N6O4. The Morgan fingerprint density at radius 2 is 2.23 bits per heavy atom. The molecule has 1 aromatic heterocycles. The van der Waals surface area contributed by atoms with Gasteiger partial charge in [0.15, 0.2) is 11.4 Å². The van der Waals surface area contributed by atoms with Gasteiger partial charge in [-0.1, -0.05) is 0 Å². The maximum absolute atomic E-state index is 14.4. The summed E-state index contributed by atoms with van der Waals surface area (Å²) in [5.41, 5.74) is 8.01. The van der Waals surface area contributed by atoms with Crippen molar-refractivity contribution >= 4 is 23.4 Å². The number of nitrogens with zero attached hydrogens (tertiary/aromatic N) is 3. The van der Waals surface area contributed by atoms with Gasteiger partial charge in [0.05, 0.1) is 24.0 Å². The van der Waals surface area contributed by atoms with Crippen molar-refractivity contribution in [3.63, 3.8) is 0 Å². The Bertz CT molecular complexity index is 1090. The molecule has 0 bridgehead atoms. The summed E-state index contributed by atoms with van der Waals surface area (Å²) in [4.78, 5) is 23.2. The van der Waals surface area contributed by atoms with Crippen molar-refractivity contribution < 1.29 is 36.3 Å². The van der Waals surface area contributed by atoms with Gasteiger partial charge in [0.25, 0.3) is 12.3 Å². The van der Waals surface area contributed by atoms with Gasteiger partial charge in [0, 0.05) is 11.3 Å². The topological polar surface area (TPSA) is 147 Å². The maximum Gasteiger partial charge on any atom is 0.418 e. The first kappa shape index (κ1) is 17.3. The highest BCUT2D eigenvalue weighted by molar-refractivity contribution is 5.87. The zero-order valence-electron chi connectivity index (χ0n) is 18.1. The van der Waals surface area contributed by atoms with Gasteiger partial charge in [-0.2, -0.15) is 4.98 Å². The second-order valence-electron chi connectivity index (χ2n) is 6.03. The average molecular weight is 429 g/mol. The summed E-state index contributed by atoms with van der Waals surface area (Å²) in [5, 5.41) is 2.21. The number of carbonyl (C=O) groups is 1. The van der Waals surface area contributed by atoms with E-state index in [1.807, 2.05) is 0 Å². The Hall–Kier alpha value is -3.61. The summed E-state index contributed by atoms with van der Waals surface area (Å²) in [6.07, 6.45) is -3.48. The Kier molecular flexibility index (Phi) is 4.84. The summed E-state index contributed by atoms with van der Waals surface area (Å²) in [7, 11) is -2.80. The van der Waals surface area contributed by atoms with Gasteiger partial charge in [0.2, 0.25) is 5.88 Å². The van der Waals surface area contributed by atoms with E-state index in [1.165, 1.54) is 0 Å². The first-order valence-corrected chi connectivity index (χ1v) is 8.20. The fourth-order valence-corrected chi connectivity index (χ4v) is 2.67. The Morgan fingerprint density at radius 1 is 1.43 bits per heavy atom. The molecule has 1 aliphatic rings. The van der Waals surface area contributed by atoms with E-state index in [1.54, 1.807) is 0 Å². The van der Waals surface area contributed by atoms with Crippen LogP contribution in [-0.2, 0) is 10.3 Å². The SMILES string of the molecule is [2H]C([2H])([2H])Oc1cnc(OC(=O)Nc2ccc(F)c(C3(C(F)F)COCC(N)=N3)c2)c(N)n1. The zero-order chi connectivity index (χ0) is 24.4. The van der Waals surface area contributed by atoms with Crippen molar-refractivity contribution in [3.05, 3.63) is 35.8 Å². The van der Waals surface area contributed by atoms with Crippen LogP contribution in [0, 0.1) is 5.82 Å². The van der Waals surface area contributed by atoms with E-state index >= 15 is 0 Å². The van der Waals surface area contributed by atoms with Crippen LogP contribution >= 0.6 is 0 Å². The third-order valence-electron chi connectivity index (χ3n) is 3.99. The monoisotopic (exact) mass is 429 g/mol. The smallest absolute Gasteiger partial charge is 0.418 e. The van der Waals surface area contributed by atoms with Crippen molar-refractivity contribution in [2.75, 3.05) is 31.3 Å². The Morgan fingerprint density at radius 3 is 2.90 bits per heavy atom. The lowest BCUT2D eigenvalue weighted by Gasteiger charge is -2.33. The van der Waals surface area contributed by atoms with Gasteiger partial charge < -0.3 is 25.7 Å². The van der Waals surface area contributed by atoms with E-state index in [0.717, 1.165) is 24.4 Å². The number of rotatable bonds is 5. The minimum atomic E-state index is -3.17. The van der Waals surface area contributed by atoms with Crippen LogP contribution in [0.25, 0.3) is 0 Å². The number of amides is 1. The van der Waals surface area contributed by atoms with E-state index in [0.29, 0.717) is 0 Å². The number of carbonyl (C=O) groups excluding carboxylic acids is 1. The normalized spacial score (nSPS) is 20.5. The number of nitrogens with two attached hydrogens (primary N) is 2. The third kappa shape index (κ3) is 4.20. The molecule has 5 N–H and O–H groups in total. The highest BCUT2D eigenvalue weighted by Crippen LogP contribution is 2.38. The summed E-state index contributed by atoms with van der Waals surface area (Å²) in [5.74, 6) is -2.65. The van der Waals surface area contributed by atoms with Crippen LogP contribution in [0.4, 0.5) is 29.5 Å². The number of methoxy groups -OCH3 is 1. The van der Waals surface area contributed by atoms with Crippen LogP contribution in [0.15, 0.2) is 29.4 Å². The first-order chi connectivity index (χ1) is 15.4. The van der Waals surface area contributed by atoms with Gasteiger partial charge in [-0.05, 0) is 18.2 Å². The molecule has 2 heterocycles. The lowest BCUT2D eigenvalue weighted by atomic mass is 9.90. The molecule has 1 aliphatic heterocycles. The van der Waals surface area contributed by atoms with E-state index in [2.05, 4.69) is 25.0 Å². The highest BCUT2D eigenvalue weighted by Gasteiger charge is 2.46.